The number of hydrogen-bond acceptors (Lipinski definition) is 3. The second-order valence-electron chi connectivity index (χ2n) is 10.4. The highest BCUT2D eigenvalue weighted by Crippen LogP contribution is 2.21. The Labute approximate surface area is 224 Å². The van der Waals surface area contributed by atoms with E-state index in [1.165, 1.54) is 69.8 Å². The maximum absolute atomic E-state index is 14.1. The quantitative estimate of drug-likeness (QED) is 0.146. The lowest BCUT2D eigenvalue weighted by molar-refractivity contribution is 0.178. The Morgan fingerprint density at radius 3 is 1.81 bits per heavy atom. The van der Waals surface area contributed by atoms with Gasteiger partial charge in [0.1, 0.15) is 24.7 Å². The van der Waals surface area contributed by atoms with Gasteiger partial charge in [-0.05, 0) is 68.4 Å². The fraction of sp³-hybridized carbons (Fsp3) is 0.688. The van der Waals surface area contributed by atoms with Crippen molar-refractivity contribution in [1.29, 1.82) is 0 Å². The molecule has 0 aliphatic heterocycles. The molecule has 1 heterocycles. The summed E-state index contributed by atoms with van der Waals surface area (Å²) in [4.78, 5) is 9.08. The smallest absolute Gasteiger partial charge is 0.159 e. The van der Waals surface area contributed by atoms with Crippen LogP contribution in [0.5, 0.6) is 5.75 Å². The Balaban J connectivity index is 1.60. The fourth-order valence-corrected chi connectivity index (χ4v) is 4.55. The molecule has 1 aromatic heterocycles. The second kappa shape index (κ2) is 20.0. The lowest BCUT2D eigenvalue weighted by atomic mass is 10.0. The van der Waals surface area contributed by atoms with Crippen LogP contribution >= 0.6 is 0 Å². The van der Waals surface area contributed by atoms with Gasteiger partial charge in [-0.2, -0.15) is 0 Å². The highest BCUT2D eigenvalue weighted by Gasteiger charge is 2.11. The lowest BCUT2D eigenvalue weighted by Gasteiger charge is -2.12. The number of benzene rings is 1. The van der Waals surface area contributed by atoms with Gasteiger partial charge in [0.25, 0.3) is 0 Å². The highest BCUT2D eigenvalue weighted by atomic mass is 19.1. The molecule has 0 saturated heterocycles. The van der Waals surface area contributed by atoms with Gasteiger partial charge < -0.3 is 4.74 Å². The molecule has 0 bridgehead atoms. The van der Waals surface area contributed by atoms with Gasteiger partial charge in [0.15, 0.2) is 5.82 Å². The number of nitrogens with zero attached hydrogens (tertiary/aromatic N) is 2. The van der Waals surface area contributed by atoms with Crippen molar-refractivity contribution in [2.45, 2.75) is 135 Å². The summed E-state index contributed by atoms with van der Waals surface area (Å²) in [5.41, 5.74) is 2.09. The summed E-state index contributed by atoms with van der Waals surface area (Å²) < 4.78 is 33.4. The molecule has 2 unspecified atom stereocenters. The summed E-state index contributed by atoms with van der Waals surface area (Å²) in [6.45, 7) is 4.31. The number of aromatic nitrogens is 2. The topological polar surface area (TPSA) is 35.0 Å². The van der Waals surface area contributed by atoms with Crippen molar-refractivity contribution in [2.75, 3.05) is 6.61 Å². The molecule has 0 aliphatic rings. The third kappa shape index (κ3) is 14.5. The number of halogens is 2. The molecule has 3 nitrogen and oxygen atoms in total. The number of hydrogen-bond donors (Lipinski definition) is 0. The van der Waals surface area contributed by atoms with Gasteiger partial charge in [-0.3, -0.25) is 0 Å². The van der Waals surface area contributed by atoms with Crippen LogP contribution in [0.2, 0.25) is 0 Å². The normalized spacial score (nSPS) is 13.0. The summed E-state index contributed by atoms with van der Waals surface area (Å²) in [5, 5.41) is 0. The summed E-state index contributed by atoms with van der Waals surface area (Å²) in [5.74, 6) is 1.31. The standard InChI is InChI=1S/C32H50F2N2O/c1-3-5-7-8-9-10-11-12-13-14-16-27-24-35-32(36-25-27)28-20-22-31(23-21-28)37-26-30(34)19-15-18-29(33)17-6-4-2/h20-25,29-30H,3-19,26H2,1-2H3. The largest absolute Gasteiger partial charge is 0.491 e. The van der Waals surface area contributed by atoms with Crippen molar-refractivity contribution in [3.05, 3.63) is 42.2 Å². The number of aryl methyl sites for hydroxylation is 1. The Morgan fingerprint density at radius 2 is 1.19 bits per heavy atom. The number of alkyl halides is 2. The first-order valence-electron chi connectivity index (χ1n) is 14.9. The van der Waals surface area contributed by atoms with E-state index < -0.39 is 12.3 Å². The van der Waals surface area contributed by atoms with E-state index in [-0.39, 0.29) is 6.61 Å². The maximum Gasteiger partial charge on any atom is 0.159 e. The van der Waals surface area contributed by atoms with E-state index in [4.69, 9.17) is 4.74 Å². The number of unbranched alkanes of at least 4 members (excludes halogenated alkanes) is 10. The molecule has 0 saturated carbocycles. The van der Waals surface area contributed by atoms with Gasteiger partial charge in [-0.25, -0.2) is 18.7 Å². The molecule has 0 N–H and O–H groups in total. The molecule has 37 heavy (non-hydrogen) atoms. The molecular formula is C32H50F2N2O. The summed E-state index contributed by atoms with van der Waals surface area (Å²) in [7, 11) is 0. The first kappa shape index (κ1) is 31.2. The summed E-state index contributed by atoms with van der Waals surface area (Å²) in [6.07, 6.45) is 20.2. The Kier molecular flexibility index (Phi) is 16.8. The van der Waals surface area contributed by atoms with Crippen molar-refractivity contribution in [2.24, 2.45) is 0 Å². The lowest BCUT2D eigenvalue weighted by Crippen LogP contribution is -2.13. The van der Waals surface area contributed by atoms with Crippen molar-refractivity contribution in [3.63, 3.8) is 0 Å². The van der Waals surface area contributed by atoms with Gasteiger partial charge in [0, 0.05) is 18.0 Å². The maximum atomic E-state index is 14.1. The first-order valence-corrected chi connectivity index (χ1v) is 14.9. The van der Waals surface area contributed by atoms with Gasteiger partial charge in [0.05, 0.1) is 0 Å². The van der Waals surface area contributed by atoms with E-state index in [1.54, 1.807) is 0 Å². The molecule has 1 aromatic carbocycles. The van der Waals surface area contributed by atoms with Crippen LogP contribution in [0.1, 0.15) is 122 Å². The summed E-state index contributed by atoms with van der Waals surface area (Å²) >= 11 is 0. The predicted octanol–water partition coefficient (Wildman–Crippen LogP) is 10.0. The molecule has 0 amide bonds. The van der Waals surface area contributed by atoms with Crippen LogP contribution in [0.25, 0.3) is 11.4 Å². The third-order valence-corrected chi connectivity index (χ3v) is 6.97. The van der Waals surface area contributed by atoms with E-state index in [0.29, 0.717) is 37.3 Å². The van der Waals surface area contributed by atoms with Crippen molar-refractivity contribution >= 4 is 0 Å². The molecule has 2 aromatic rings. The van der Waals surface area contributed by atoms with Crippen molar-refractivity contribution in [3.8, 4) is 17.1 Å². The molecule has 208 valence electrons. The Morgan fingerprint density at radius 1 is 0.649 bits per heavy atom. The van der Waals surface area contributed by atoms with Crippen LogP contribution in [0.3, 0.4) is 0 Å². The summed E-state index contributed by atoms with van der Waals surface area (Å²) in [6, 6.07) is 7.46. The molecule has 2 atom stereocenters. The molecule has 0 radical (unpaired) electrons. The molecule has 5 heteroatoms. The number of ether oxygens (including phenoxy) is 1. The minimum absolute atomic E-state index is 0.00455. The average molecular weight is 517 g/mol. The van der Waals surface area contributed by atoms with Crippen LogP contribution in [0, 0.1) is 0 Å². The Hall–Kier alpha value is -2.04. The van der Waals surface area contributed by atoms with Crippen LogP contribution in [0.15, 0.2) is 36.7 Å². The third-order valence-electron chi connectivity index (χ3n) is 6.97. The minimum atomic E-state index is -1.08. The average Bonchev–Trinajstić information content (AvgIpc) is 2.92. The van der Waals surface area contributed by atoms with E-state index in [0.717, 1.165) is 24.8 Å². The van der Waals surface area contributed by atoms with Crippen LogP contribution in [0.4, 0.5) is 8.78 Å². The zero-order chi connectivity index (χ0) is 26.6. The van der Waals surface area contributed by atoms with Gasteiger partial charge in [-0.15, -0.1) is 0 Å². The monoisotopic (exact) mass is 516 g/mol. The van der Waals surface area contributed by atoms with E-state index >= 15 is 0 Å². The van der Waals surface area contributed by atoms with E-state index in [2.05, 4.69) is 23.8 Å². The highest BCUT2D eigenvalue weighted by molar-refractivity contribution is 5.55. The zero-order valence-corrected chi connectivity index (χ0v) is 23.4. The van der Waals surface area contributed by atoms with Gasteiger partial charge >= 0.3 is 0 Å². The van der Waals surface area contributed by atoms with E-state index in [9.17, 15) is 8.78 Å². The number of rotatable bonds is 22. The molecule has 0 fully saturated rings. The molecule has 2 rings (SSSR count). The van der Waals surface area contributed by atoms with Gasteiger partial charge in [0.2, 0.25) is 0 Å². The van der Waals surface area contributed by atoms with Crippen molar-refractivity contribution < 1.29 is 13.5 Å². The molecule has 0 spiro atoms. The SMILES string of the molecule is CCCCCCCCCCCCc1cnc(-c2ccc(OCC(F)CCCC(F)CCCC)cc2)nc1. The van der Waals surface area contributed by atoms with Crippen LogP contribution in [-0.2, 0) is 6.42 Å². The predicted molar refractivity (Wildman–Crippen MR) is 152 cm³/mol. The molecular weight excluding hydrogens is 466 g/mol. The Bertz CT molecular complexity index is 797. The van der Waals surface area contributed by atoms with E-state index in [1.807, 2.05) is 36.7 Å². The second-order valence-corrected chi connectivity index (χ2v) is 10.4. The van der Waals surface area contributed by atoms with Crippen LogP contribution < -0.4 is 4.74 Å². The van der Waals surface area contributed by atoms with Crippen molar-refractivity contribution in [1.82, 2.24) is 9.97 Å². The van der Waals surface area contributed by atoms with Crippen LogP contribution in [-0.4, -0.2) is 28.9 Å². The van der Waals surface area contributed by atoms with Gasteiger partial charge in [-0.1, -0.05) is 84.5 Å². The minimum Gasteiger partial charge on any atom is -0.491 e. The molecule has 0 aliphatic carbocycles. The zero-order valence-electron chi connectivity index (χ0n) is 23.4. The first-order chi connectivity index (χ1) is 18.1. The fourth-order valence-electron chi connectivity index (χ4n) is 4.55.